The van der Waals surface area contributed by atoms with Gasteiger partial charge in [-0.1, -0.05) is 23.8 Å². The minimum absolute atomic E-state index is 0.1000. The number of fused-ring (bicyclic) bond motifs is 1. The molecule has 0 saturated carbocycles. The molecule has 2 heterocycles. The Morgan fingerprint density at radius 3 is 2.26 bits per heavy atom. The molecule has 0 radical (unpaired) electrons. The van der Waals surface area contributed by atoms with Crippen molar-refractivity contribution in [1.29, 1.82) is 0 Å². The van der Waals surface area contributed by atoms with Crippen molar-refractivity contribution in [2.75, 3.05) is 37.0 Å². The first-order chi connectivity index (χ1) is 18.3. The van der Waals surface area contributed by atoms with Gasteiger partial charge in [0.2, 0.25) is 15.9 Å². The average Bonchev–Trinajstić information content (AvgIpc) is 3.36. The van der Waals surface area contributed by atoms with Crippen LogP contribution in [0, 0.1) is 12.8 Å². The highest BCUT2D eigenvalue weighted by Gasteiger charge is 2.32. The zero-order valence-electron chi connectivity index (χ0n) is 21.5. The van der Waals surface area contributed by atoms with Gasteiger partial charge in [-0.3, -0.25) is 9.59 Å². The molecule has 2 amide bonds. The highest BCUT2D eigenvalue weighted by molar-refractivity contribution is 7.89. The van der Waals surface area contributed by atoms with Crippen LogP contribution in [0.4, 0.5) is 11.4 Å². The van der Waals surface area contributed by atoms with Crippen LogP contribution in [0.15, 0.2) is 71.6 Å². The highest BCUT2D eigenvalue weighted by atomic mass is 32.2. The van der Waals surface area contributed by atoms with Crippen LogP contribution in [0.5, 0.6) is 5.75 Å². The lowest BCUT2D eigenvalue weighted by Crippen LogP contribution is -2.41. The quantitative estimate of drug-likeness (QED) is 0.511. The van der Waals surface area contributed by atoms with Crippen molar-refractivity contribution >= 4 is 33.2 Å². The third-order valence-electron chi connectivity index (χ3n) is 7.31. The third-order valence-corrected chi connectivity index (χ3v) is 9.23. The number of rotatable bonds is 6. The number of nitrogens with one attached hydrogen (secondary N) is 1. The zero-order valence-corrected chi connectivity index (χ0v) is 22.3. The Balaban J connectivity index is 1.22. The van der Waals surface area contributed by atoms with E-state index in [1.165, 1.54) is 4.31 Å². The van der Waals surface area contributed by atoms with Crippen LogP contribution in [0.2, 0.25) is 0 Å². The van der Waals surface area contributed by atoms with E-state index in [2.05, 4.69) is 5.32 Å². The standard InChI is InChI=1S/C29H31N3O5S/c1-20-3-11-26(12-4-20)38(35,36)31-16-13-22(14-17-31)28(33)30-24-8-5-21-15-18-32(27(21)19-24)29(34)23-6-9-25(37-2)10-7-23/h3-12,19,22H,13-18H2,1-2H3,(H,30,33). The summed E-state index contributed by atoms with van der Waals surface area (Å²) in [6.07, 6.45) is 1.65. The van der Waals surface area contributed by atoms with Gasteiger partial charge in [-0.25, -0.2) is 8.42 Å². The number of ether oxygens (including phenoxy) is 1. The largest absolute Gasteiger partial charge is 0.497 e. The number of carbonyl (C=O) groups is 2. The summed E-state index contributed by atoms with van der Waals surface area (Å²) < 4.78 is 32.6. The van der Waals surface area contributed by atoms with Crippen molar-refractivity contribution in [3.63, 3.8) is 0 Å². The summed E-state index contributed by atoms with van der Waals surface area (Å²) in [7, 11) is -1.99. The van der Waals surface area contributed by atoms with Crippen LogP contribution >= 0.6 is 0 Å². The summed E-state index contributed by atoms with van der Waals surface area (Å²) >= 11 is 0. The second-order valence-electron chi connectivity index (χ2n) is 9.76. The number of hydrogen-bond acceptors (Lipinski definition) is 5. The van der Waals surface area contributed by atoms with E-state index >= 15 is 0 Å². The summed E-state index contributed by atoms with van der Waals surface area (Å²) in [6.45, 7) is 3.08. The molecule has 0 atom stereocenters. The van der Waals surface area contributed by atoms with Crippen molar-refractivity contribution < 1.29 is 22.7 Å². The number of hydrogen-bond donors (Lipinski definition) is 1. The molecule has 0 aromatic heterocycles. The number of anilines is 2. The molecule has 0 spiro atoms. The van der Waals surface area contributed by atoms with Gasteiger partial charge in [0.25, 0.3) is 5.91 Å². The lowest BCUT2D eigenvalue weighted by atomic mass is 9.97. The maximum absolute atomic E-state index is 13.2. The Labute approximate surface area is 223 Å². The predicted molar refractivity (Wildman–Crippen MR) is 146 cm³/mol. The lowest BCUT2D eigenvalue weighted by molar-refractivity contribution is -0.120. The maximum atomic E-state index is 13.2. The molecule has 0 bridgehead atoms. The number of amides is 2. The second-order valence-corrected chi connectivity index (χ2v) is 11.7. The van der Waals surface area contributed by atoms with E-state index in [-0.39, 0.29) is 22.6 Å². The SMILES string of the molecule is COc1ccc(C(=O)N2CCc3ccc(NC(=O)C4CCN(S(=O)(=O)c5ccc(C)cc5)CC4)cc32)cc1. The Kier molecular flexibility index (Phi) is 7.23. The van der Waals surface area contributed by atoms with Crippen LogP contribution in [-0.4, -0.2) is 51.3 Å². The van der Waals surface area contributed by atoms with Gasteiger partial charge in [0, 0.05) is 42.5 Å². The number of piperidine rings is 1. The van der Waals surface area contributed by atoms with E-state index in [4.69, 9.17) is 4.74 Å². The maximum Gasteiger partial charge on any atom is 0.258 e. The molecule has 1 fully saturated rings. The summed E-state index contributed by atoms with van der Waals surface area (Å²) in [5.41, 5.74) is 4.04. The van der Waals surface area contributed by atoms with Crippen molar-refractivity contribution in [2.24, 2.45) is 5.92 Å². The minimum Gasteiger partial charge on any atom is -0.497 e. The molecule has 2 aliphatic rings. The summed E-state index contributed by atoms with van der Waals surface area (Å²) in [4.78, 5) is 28.2. The van der Waals surface area contributed by atoms with Gasteiger partial charge in [0.1, 0.15) is 5.75 Å². The topological polar surface area (TPSA) is 96.0 Å². The number of sulfonamides is 1. The van der Waals surface area contributed by atoms with Gasteiger partial charge in [-0.15, -0.1) is 0 Å². The van der Waals surface area contributed by atoms with Gasteiger partial charge < -0.3 is 15.0 Å². The first-order valence-corrected chi connectivity index (χ1v) is 14.2. The van der Waals surface area contributed by atoms with Gasteiger partial charge >= 0.3 is 0 Å². The normalized spacial score (nSPS) is 16.2. The number of benzene rings is 3. The first kappa shape index (κ1) is 25.9. The number of aryl methyl sites for hydroxylation is 1. The fraction of sp³-hybridized carbons (Fsp3) is 0.310. The highest BCUT2D eigenvalue weighted by Crippen LogP contribution is 2.33. The van der Waals surface area contributed by atoms with Gasteiger partial charge in [0.15, 0.2) is 0 Å². The molecule has 3 aromatic carbocycles. The van der Waals surface area contributed by atoms with Crippen molar-refractivity contribution in [2.45, 2.75) is 31.1 Å². The second kappa shape index (κ2) is 10.6. The molecule has 5 rings (SSSR count). The fourth-order valence-corrected chi connectivity index (χ4v) is 6.49. The molecule has 1 saturated heterocycles. The molecule has 3 aromatic rings. The molecule has 0 aliphatic carbocycles. The molecule has 2 aliphatic heterocycles. The predicted octanol–water partition coefficient (Wildman–Crippen LogP) is 4.25. The van der Waals surface area contributed by atoms with Crippen LogP contribution in [0.25, 0.3) is 0 Å². The van der Waals surface area contributed by atoms with Crippen LogP contribution in [0.3, 0.4) is 0 Å². The minimum atomic E-state index is -3.58. The molecular weight excluding hydrogens is 502 g/mol. The first-order valence-electron chi connectivity index (χ1n) is 12.7. The Morgan fingerprint density at radius 2 is 1.61 bits per heavy atom. The third kappa shape index (κ3) is 5.16. The van der Waals surface area contributed by atoms with E-state index in [1.54, 1.807) is 60.5 Å². The van der Waals surface area contributed by atoms with Gasteiger partial charge in [0.05, 0.1) is 12.0 Å². The van der Waals surface area contributed by atoms with Crippen molar-refractivity contribution in [3.8, 4) is 5.75 Å². The Bertz CT molecular complexity index is 1440. The number of methoxy groups -OCH3 is 1. The Hall–Kier alpha value is -3.69. The van der Waals surface area contributed by atoms with Gasteiger partial charge in [-0.2, -0.15) is 4.31 Å². The van der Waals surface area contributed by atoms with Crippen LogP contribution in [-0.2, 0) is 21.2 Å². The fourth-order valence-electron chi connectivity index (χ4n) is 5.02. The molecule has 9 heteroatoms. The lowest BCUT2D eigenvalue weighted by Gasteiger charge is -2.30. The van der Waals surface area contributed by atoms with Gasteiger partial charge in [-0.05, 0) is 80.3 Å². The van der Waals surface area contributed by atoms with Crippen LogP contribution in [0.1, 0.15) is 34.3 Å². The Morgan fingerprint density at radius 1 is 0.921 bits per heavy atom. The van der Waals surface area contributed by atoms with E-state index in [0.29, 0.717) is 49.5 Å². The van der Waals surface area contributed by atoms with Crippen molar-refractivity contribution in [1.82, 2.24) is 4.31 Å². The zero-order chi connectivity index (χ0) is 26.9. The smallest absolute Gasteiger partial charge is 0.258 e. The molecule has 0 unspecified atom stereocenters. The summed E-state index contributed by atoms with van der Waals surface area (Å²) in [5.74, 6) is 0.164. The number of carbonyl (C=O) groups excluding carboxylic acids is 2. The molecule has 38 heavy (non-hydrogen) atoms. The summed E-state index contributed by atoms with van der Waals surface area (Å²) in [6, 6.07) is 19.5. The summed E-state index contributed by atoms with van der Waals surface area (Å²) in [5, 5.41) is 2.99. The van der Waals surface area contributed by atoms with Crippen LogP contribution < -0.4 is 15.0 Å². The van der Waals surface area contributed by atoms with Crippen molar-refractivity contribution in [3.05, 3.63) is 83.4 Å². The van der Waals surface area contributed by atoms with E-state index < -0.39 is 10.0 Å². The average molecular weight is 534 g/mol. The molecular formula is C29H31N3O5S. The molecule has 1 N–H and O–H groups in total. The number of nitrogens with zero attached hydrogens (tertiary/aromatic N) is 2. The van der Waals surface area contributed by atoms with E-state index in [1.807, 2.05) is 25.1 Å². The van der Waals surface area contributed by atoms with E-state index in [0.717, 1.165) is 23.2 Å². The van der Waals surface area contributed by atoms with E-state index in [9.17, 15) is 18.0 Å². The monoisotopic (exact) mass is 533 g/mol. The molecule has 198 valence electrons. The molecule has 8 nitrogen and oxygen atoms in total.